The zero-order valence-electron chi connectivity index (χ0n) is 17.2. The van der Waals surface area contributed by atoms with E-state index in [1.54, 1.807) is 7.11 Å². The van der Waals surface area contributed by atoms with E-state index in [9.17, 15) is 0 Å². The van der Waals surface area contributed by atoms with Crippen LogP contribution < -0.4 is 4.74 Å². The van der Waals surface area contributed by atoms with Gasteiger partial charge in [-0.1, -0.05) is 67.8 Å². The van der Waals surface area contributed by atoms with Gasteiger partial charge in [-0.15, -0.1) is 0 Å². The average Bonchev–Trinajstić information content (AvgIpc) is 2.79. The Morgan fingerprint density at radius 2 is 1.54 bits per heavy atom. The number of hydrogen-bond donors (Lipinski definition) is 0. The monoisotopic (exact) mass is 378 g/mol. The van der Waals surface area contributed by atoms with Gasteiger partial charge in [-0.25, -0.2) is 0 Å². The lowest BCUT2D eigenvalue weighted by atomic mass is 9.93. The third-order valence-corrected chi connectivity index (χ3v) is 6.67. The highest BCUT2D eigenvalue weighted by Gasteiger charge is 2.29. The predicted molar refractivity (Wildman–Crippen MR) is 116 cm³/mol. The van der Waals surface area contributed by atoms with Crippen molar-refractivity contribution in [3.8, 4) is 5.75 Å². The van der Waals surface area contributed by atoms with Crippen LogP contribution in [0.2, 0.25) is 0 Å². The van der Waals surface area contributed by atoms with Crippen LogP contribution in [0.3, 0.4) is 0 Å². The zero-order valence-corrected chi connectivity index (χ0v) is 17.2. The minimum atomic E-state index is 0.408. The maximum Gasteiger partial charge on any atom is 0.122 e. The quantitative estimate of drug-likeness (QED) is 0.709. The fraction of sp³-hybridized carbons (Fsp3) is 0.520. The molecule has 28 heavy (non-hydrogen) atoms. The molecule has 1 saturated carbocycles. The first-order chi connectivity index (χ1) is 13.8. The summed E-state index contributed by atoms with van der Waals surface area (Å²) in [6, 6.07) is 20.7. The summed E-state index contributed by atoms with van der Waals surface area (Å²) in [5, 5.41) is 0. The van der Waals surface area contributed by atoms with Crippen LogP contribution in [0.4, 0.5) is 0 Å². The van der Waals surface area contributed by atoms with Gasteiger partial charge >= 0.3 is 0 Å². The standard InChI is InChI=1S/C25H34N2O/c1-28-25-15-9-8-12-22(25)20-24(21-10-4-2-5-11-21)27-18-16-26(17-19-27)23-13-6-3-7-14-23/h2,4-5,8-12,15,23-24H,3,6-7,13-14,16-20H2,1H3. The Kier molecular flexibility index (Phi) is 6.66. The highest BCUT2D eigenvalue weighted by Crippen LogP contribution is 2.31. The minimum Gasteiger partial charge on any atom is -0.496 e. The van der Waals surface area contributed by atoms with E-state index in [1.807, 2.05) is 0 Å². The largest absolute Gasteiger partial charge is 0.496 e. The number of methoxy groups -OCH3 is 1. The van der Waals surface area contributed by atoms with Gasteiger partial charge in [0.15, 0.2) is 0 Å². The molecule has 150 valence electrons. The summed E-state index contributed by atoms with van der Waals surface area (Å²) in [4.78, 5) is 5.46. The van der Waals surface area contributed by atoms with Crippen molar-refractivity contribution < 1.29 is 4.74 Å². The van der Waals surface area contributed by atoms with Gasteiger partial charge < -0.3 is 4.74 Å². The van der Waals surface area contributed by atoms with E-state index in [1.165, 1.54) is 56.3 Å². The summed E-state index contributed by atoms with van der Waals surface area (Å²) in [5.41, 5.74) is 2.72. The van der Waals surface area contributed by atoms with Crippen molar-refractivity contribution in [2.24, 2.45) is 0 Å². The average molecular weight is 379 g/mol. The number of benzene rings is 2. The molecule has 2 aromatic rings. The maximum atomic E-state index is 5.64. The molecule has 0 amide bonds. The Labute approximate surface area is 170 Å². The number of para-hydroxylation sites is 1. The molecule has 2 fully saturated rings. The Bertz CT molecular complexity index is 718. The Balaban J connectivity index is 1.48. The van der Waals surface area contributed by atoms with Crippen LogP contribution in [0.25, 0.3) is 0 Å². The van der Waals surface area contributed by atoms with Gasteiger partial charge in [-0.05, 0) is 36.5 Å². The molecule has 2 aromatic carbocycles. The molecule has 1 saturated heterocycles. The molecular weight excluding hydrogens is 344 g/mol. The second-order valence-electron chi connectivity index (χ2n) is 8.31. The smallest absolute Gasteiger partial charge is 0.122 e. The van der Waals surface area contributed by atoms with Crippen molar-refractivity contribution in [2.45, 2.75) is 50.6 Å². The second kappa shape index (κ2) is 9.58. The lowest BCUT2D eigenvalue weighted by Crippen LogP contribution is -2.51. The normalized spacial score (nSPS) is 20.8. The molecule has 4 rings (SSSR count). The molecule has 1 aliphatic heterocycles. The third-order valence-electron chi connectivity index (χ3n) is 6.67. The van der Waals surface area contributed by atoms with Gasteiger partial charge in [0.2, 0.25) is 0 Å². The molecule has 1 atom stereocenters. The van der Waals surface area contributed by atoms with E-state index in [-0.39, 0.29) is 0 Å². The van der Waals surface area contributed by atoms with Crippen molar-refractivity contribution >= 4 is 0 Å². The molecule has 1 unspecified atom stereocenters. The third kappa shape index (κ3) is 4.59. The fourth-order valence-electron chi connectivity index (χ4n) is 5.07. The van der Waals surface area contributed by atoms with Crippen LogP contribution in [0, 0.1) is 0 Å². The lowest BCUT2D eigenvalue weighted by Gasteiger charge is -2.43. The maximum absolute atomic E-state index is 5.64. The predicted octanol–water partition coefficient (Wildman–Crippen LogP) is 4.93. The topological polar surface area (TPSA) is 15.7 Å². The van der Waals surface area contributed by atoms with E-state index in [0.29, 0.717) is 6.04 Å². The van der Waals surface area contributed by atoms with Gasteiger partial charge in [0.25, 0.3) is 0 Å². The van der Waals surface area contributed by atoms with Gasteiger partial charge in [0.05, 0.1) is 7.11 Å². The minimum absolute atomic E-state index is 0.408. The summed E-state index contributed by atoms with van der Waals surface area (Å²) in [6.07, 6.45) is 8.09. The highest BCUT2D eigenvalue weighted by atomic mass is 16.5. The first kappa shape index (κ1) is 19.5. The van der Waals surface area contributed by atoms with Crippen LogP contribution in [0.15, 0.2) is 54.6 Å². The summed E-state index contributed by atoms with van der Waals surface area (Å²) in [5.74, 6) is 1.00. The fourth-order valence-corrected chi connectivity index (χ4v) is 5.07. The first-order valence-corrected chi connectivity index (χ1v) is 11.0. The van der Waals surface area contributed by atoms with Crippen molar-refractivity contribution in [2.75, 3.05) is 33.3 Å². The Morgan fingerprint density at radius 1 is 0.857 bits per heavy atom. The zero-order chi connectivity index (χ0) is 19.2. The van der Waals surface area contributed by atoms with Crippen molar-refractivity contribution in [3.63, 3.8) is 0 Å². The molecule has 0 aromatic heterocycles. The Morgan fingerprint density at radius 3 is 2.25 bits per heavy atom. The molecule has 0 spiro atoms. The van der Waals surface area contributed by atoms with Gasteiger partial charge in [0, 0.05) is 38.3 Å². The molecule has 0 N–H and O–H groups in total. The van der Waals surface area contributed by atoms with Gasteiger partial charge in [-0.2, -0.15) is 0 Å². The van der Waals surface area contributed by atoms with E-state index in [2.05, 4.69) is 64.4 Å². The molecule has 3 nitrogen and oxygen atoms in total. The first-order valence-electron chi connectivity index (χ1n) is 11.0. The summed E-state index contributed by atoms with van der Waals surface area (Å²) in [6.45, 7) is 4.73. The summed E-state index contributed by atoms with van der Waals surface area (Å²) < 4.78 is 5.64. The number of nitrogens with zero attached hydrogens (tertiary/aromatic N) is 2. The Hall–Kier alpha value is -1.84. The molecular formula is C25H34N2O. The lowest BCUT2D eigenvalue weighted by molar-refractivity contribution is 0.0558. The summed E-state index contributed by atoms with van der Waals surface area (Å²) >= 11 is 0. The van der Waals surface area contributed by atoms with Crippen LogP contribution in [-0.4, -0.2) is 49.1 Å². The number of ether oxygens (including phenoxy) is 1. The van der Waals surface area contributed by atoms with Gasteiger partial charge in [0.1, 0.15) is 5.75 Å². The molecule has 2 aliphatic rings. The van der Waals surface area contributed by atoms with E-state index in [0.717, 1.165) is 31.3 Å². The second-order valence-corrected chi connectivity index (χ2v) is 8.31. The highest BCUT2D eigenvalue weighted by molar-refractivity contribution is 5.35. The van der Waals surface area contributed by atoms with Crippen molar-refractivity contribution in [3.05, 3.63) is 65.7 Å². The number of rotatable bonds is 6. The van der Waals surface area contributed by atoms with Crippen molar-refractivity contribution in [1.82, 2.24) is 9.80 Å². The van der Waals surface area contributed by atoms with Crippen LogP contribution in [0.1, 0.15) is 49.3 Å². The summed E-state index contributed by atoms with van der Waals surface area (Å²) in [7, 11) is 1.78. The van der Waals surface area contributed by atoms with E-state index >= 15 is 0 Å². The van der Waals surface area contributed by atoms with E-state index < -0.39 is 0 Å². The number of hydrogen-bond acceptors (Lipinski definition) is 3. The SMILES string of the molecule is COc1ccccc1CC(c1ccccc1)N1CCN(C2CCCCC2)CC1. The molecule has 1 aliphatic carbocycles. The molecule has 1 heterocycles. The number of piperazine rings is 1. The van der Waals surface area contributed by atoms with E-state index in [4.69, 9.17) is 4.74 Å². The van der Waals surface area contributed by atoms with Gasteiger partial charge in [-0.3, -0.25) is 9.80 Å². The van der Waals surface area contributed by atoms with Crippen LogP contribution in [0.5, 0.6) is 5.75 Å². The van der Waals surface area contributed by atoms with Crippen molar-refractivity contribution in [1.29, 1.82) is 0 Å². The molecule has 0 bridgehead atoms. The van der Waals surface area contributed by atoms with Crippen LogP contribution in [-0.2, 0) is 6.42 Å². The van der Waals surface area contributed by atoms with Crippen LogP contribution >= 0.6 is 0 Å². The molecule has 0 radical (unpaired) electrons. The molecule has 3 heteroatoms.